The lowest BCUT2D eigenvalue weighted by Crippen LogP contribution is -2.33. The minimum absolute atomic E-state index is 0.0427. The van der Waals surface area contributed by atoms with Gasteiger partial charge < -0.3 is 10.1 Å². The molecule has 0 saturated carbocycles. The van der Waals surface area contributed by atoms with Crippen molar-refractivity contribution >= 4 is 17.5 Å². The molecule has 0 spiro atoms. The number of nitrogens with one attached hydrogen (secondary N) is 1. The first kappa shape index (κ1) is 13.8. The van der Waals surface area contributed by atoms with Crippen LogP contribution in [0, 0.1) is 0 Å². The molecule has 0 aromatic heterocycles. The van der Waals surface area contributed by atoms with Gasteiger partial charge in [-0.3, -0.25) is 4.79 Å². The predicted octanol–water partition coefficient (Wildman–Crippen LogP) is 2.83. The topological polar surface area (TPSA) is 38.3 Å². The Morgan fingerprint density at radius 2 is 2.12 bits per heavy atom. The van der Waals surface area contributed by atoms with Crippen molar-refractivity contribution in [2.45, 2.75) is 32.9 Å². The maximum absolute atomic E-state index is 11.8. The molecule has 4 heteroatoms. The van der Waals surface area contributed by atoms with Gasteiger partial charge in [-0.15, -0.1) is 11.6 Å². The largest absolute Gasteiger partial charge is 0.491 e. The zero-order chi connectivity index (χ0) is 12.8. The quantitative estimate of drug-likeness (QED) is 0.822. The second-order valence-corrected chi connectivity index (χ2v) is 4.53. The fraction of sp³-hybridized carbons (Fsp3) is 0.462. The Hall–Kier alpha value is -1.22. The summed E-state index contributed by atoms with van der Waals surface area (Å²) >= 11 is 5.64. The third kappa shape index (κ3) is 4.65. The van der Waals surface area contributed by atoms with E-state index in [4.69, 9.17) is 16.3 Å². The van der Waals surface area contributed by atoms with E-state index in [2.05, 4.69) is 5.32 Å². The fourth-order valence-electron chi connectivity index (χ4n) is 1.33. The highest BCUT2D eigenvalue weighted by Gasteiger charge is 2.09. The van der Waals surface area contributed by atoms with Crippen LogP contribution in [0.3, 0.4) is 0 Å². The number of halogens is 1. The molecule has 3 nitrogen and oxygen atoms in total. The number of benzene rings is 1. The summed E-state index contributed by atoms with van der Waals surface area (Å²) in [5, 5.41) is 2.80. The Kier molecular flexibility index (Phi) is 5.29. The molecule has 17 heavy (non-hydrogen) atoms. The van der Waals surface area contributed by atoms with Gasteiger partial charge in [-0.25, -0.2) is 0 Å². The molecule has 0 bridgehead atoms. The van der Waals surface area contributed by atoms with E-state index in [0.717, 1.165) is 0 Å². The molecule has 0 radical (unpaired) electrons. The van der Waals surface area contributed by atoms with Crippen LogP contribution in [0.15, 0.2) is 24.3 Å². The maximum Gasteiger partial charge on any atom is 0.251 e. The van der Waals surface area contributed by atoms with Crippen molar-refractivity contribution in [3.05, 3.63) is 29.8 Å². The second-order valence-electron chi connectivity index (χ2n) is 4.22. The van der Waals surface area contributed by atoms with Gasteiger partial charge in [0.15, 0.2) is 0 Å². The average molecular weight is 256 g/mol. The monoisotopic (exact) mass is 255 g/mol. The highest BCUT2D eigenvalue weighted by molar-refractivity contribution is 6.18. The molecule has 94 valence electrons. The van der Waals surface area contributed by atoms with E-state index in [0.29, 0.717) is 17.2 Å². The number of amides is 1. The Labute approximate surface area is 107 Å². The van der Waals surface area contributed by atoms with Crippen LogP contribution in [-0.4, -0.2) is 23.9 Å². The van der Waals surface area contributed by atoms with Gasteiger partial charge in [-0.2, -0.15) is 0 Å². The van der Waals surface area contributed by atoms with Crippen LogP contribution >= 0.6 is 11.6 Å². The smallest absolute Gasteiger partial charge is 0.251 e. The molecule has 1 aromatic rings. The molecule has 1 amide bonds. The van der Waals surface area contributed by atoms with E-state index in [-0.39, 0.29) is 18.1 Å². The lowest BCUT2D eigenvalue weighted by atomic mass is 10.2. The van der Waals surface area contributed by atoms with Crippen molar-refractivity contribution in [1.82, 2.24) is 5.32 Å². The minimum atomic E-state index is -0.132. The summed E-state index contributed by atoms with van der Waals surface area (Å²) in [4.78, 5) is 11.8. The summed E-state index contributed by atoms with van der Waals surface area (Å²) in [6.07, 6.45) is 0.0927. The molecule has 0 aliphatic rings. The van der Waals surface area contributed by atoms with Crippen LogP contribution in [0.5, 0.6) is 5.75 Å². The van der Waals surface area contributed by atoms with Gasteiger partial charge in [0.05, 0.1) is 6.10 Å². The van der Waals surface area contributed by atoms with Crippen LogP contribution in [0.2, 0.25) is 0 Å². The van der Waals surface area contributed by atoms with E-state index < -0.39 is 0 Å². The molecule has 1 atom stereocenters. The van der Waals surface area contributed by atoms with Gasteiger partial charge in [-0.05, 0) is 39.0 Å². The lowest BCUT2D eigenvalue weighted by molar-refractivity contribution is 0.0943. The van der Waals surface area contributed by atoms with Crippen molar-refractivity contribution in [3.63, 3.8) is 0 Å². The van der Waals surface area contributed by atoms with Gasteiger partial charge in [0.25, 0.3) is 5.91 Å². The number of ether oxygens (including phenoxy) is 1. The van der Waals surface area contributed by atoms with Crippen LogP contribution in [-0.2, 0) is 0 Å². The molecular weight excluding hydrogens is 238 g/mol. The predicted molar refractivity (Wildman–Crippen MR) is 69.9 cm³/mol. The SMILES string of the molecule is CC(CCl)NC(=O)c1cccc(OC(C)C)c1. The zero-order valence-corrected chi connectivity index (χ0v) is 11.1. The van der Waals surface area contributed by atoms with Gasteiger partial charge in [0.1, 0.15) is 5.75 Å². The third-order valence-electron chi connectivity index (χ3n) is 2.08. The number of carbonyl (C=O) groups is 1. The summed E-state index contributed by atoms with van der Waals surface area (Å²) < 4.78 is 5.53. The van der Waals surface area contributed by atoms with Gasteiger partial charge in [-0.1, -0.05) is 6.07 Å². The Bertz CT molecular complexity index is 379. The highest BCUT2D eigenvalue weighted by Crippen LogP contribution is 2.15. The molecular formula is C13H18ClNO2. The van der Waals surface area contributed by atoms with E-state index in [1.165, 1.54) is 0 Å². The first-order valence-electron chi connectivity index (χ1n) is 5.66. The second kappa shape index (κ2) is 6.50. The van der Waals surface area contributed by atoms with Gasteiger partial charge in [0.2, 0.25) is 0 Å². The zero-order valence-electron chi connectivity index (χ0n) is 10.4. The highest BCUT2D eigenvalue weighted by atomic mass is 35.5. The number of hydrogen-bond donors (Lipinski definition) is 1. The normalized spacial score (nSPS) is 12.3. The van der Waals surface area contributed by atoms with E-state index in [9.17, 15) is 4.79 Å². The number of hydrogen-bond acceptors (Lipinski definition) is 2. The van der Waals surface area contributed by atoms with Crippen molar-refractivity contribution in [2.75, 3.05) is 5.88 Å². The van der Waals surface area contributed by atoms with Crippen LogP contribution in [0.4, 0.5) is 0 Å². The Balaban J connectivity index is 2.73. The summed E-state index contributed by atoms with van der Waals surface area (Å²) in [5.74, 6) is 0.965. The van der Waals surface area contributed by atoms with Crippen LogP contribution < -0.4 is 10.1 Å². The average Bonchev–Trinajstić information content (AvgIpc) is 2.28. The molecule has 0 aliphatic heterocycles. The molecule has 1 aromatic carbocycles. The Morgan fingerprint density at radius 3 is 2.71 bits per heavy atom. The van der Waals surface area contributed by atoms with E-state index in [1.807, 2.05) is 26.8 Å². The summed E-state index contributed by atoms with van der Waals surface area (Å²) in [6, 6.07) is 7.08. The molecule has 1 N–H and O–H groups in total. The van der Waals surface area contributed by atoms with Gasteiger partial charge in [0, 0.05) is 17.5 Å². The first-order valence-corrected chi connectivity index (χ1v) is 6.20. The van der Waals surface area contributed by atoms with Crippen molar-refractivity contribution in [2.24, 2.45) is 0 Å². The van der Waals surface area contributed by atoms with Crippen molar-refractivity contribution in [1.29, 1.82) is 0 Å². The number of alkyl halides is 1. The van der Waals surface area contributed by atoms with Crippen LogP contribution in [0.25, 0.3) is 0 Å². The van der Waals surface area contributed by atoms with Crippen molar-refractivity contribution in [3.8, 4) is 5.75 Å². The molecule has 1 unspecified atom stereocenters. The fourth-order valence-corrected chi connectivity index (χ4v) is 1.41. The number of rotatable bonds is 5. The summed E-state index contributed by atoms with van der Waals surface area (Å²) in [7, 11) is 0. The van der Waals surface area contributed by atoms with Gasteiger partial charge >= 0.3 is 0 Å². The molecule has 0 fully saturated rings. The summed E-state index contributed by atoms with van der Waals surface area (Å²) in [6.45, 7) is 5.75. The summed E-state index contributed by atoms with van der Waals surface area (Å²) in [5.41, 5.74) is 0.583. The number of carbonyl (C=O) groups excluding carboxylic acids is 1. The third-order valence-corrected chi connectivity index (χ3v) is 2.54. The molecule has 0 saturated heterocycles. The standard InChI is InChI=1S/C13H18ClNO2/c1-9(2)17-12-6-4-5-11(7-12)13(16)15-10(3)8-14/h4-7,9-10H,8H2,1-3H3,(H,15,16). The van der Waals surface area contributed by atoms with Crippen LogP contribution in [0.1, 0.15) is 31.1 Å². The molecule has 0 aliphatic carbocycles. The maximum atomic E-state index is 11.8. The minimum Gasteiger partial charge on any atom is -0.491 e. The molecule has 0 heterocycles. The van der Waals surface area contributed by atoms with Crippen molar-refractivity contribution < 1.29 is 9.53 Å². The van der Waals surface area contributed by atoms with E-state index in [1.54, 1.807) is 18.2 Å². The lowest BCUT2D eigenvalue weighted by Gasteiger charge is -2.13. The molecule has 1 rings (SSSR count). The Morgan fingerprint density at radius 1 is 1.41 bits per heavy atom. The van der Waals surface area contributed by atoms with E-state index >= 15 is 0 Å². The first-order chi connectivity index (χ1) is 8.02.